The van der Waals surface area contributed by atoms with Crippen LogP contribution in [0.25, 0.3) is 0 Å². The lowest BCUT2D eigenvalue weighted by Gasteiger charge is -2.28. The third kappa shape index (κ3) is 3.68. The van der Waals surface area contributed by atoms with Gasteiger partial charge < -0.3 is 4.74 Å². The van der Waals surface area contributed by atoms with Crippen molar-refractivity contribution in [3.05, 3.63) is 0 Å². The first-order valence-corrected chi connectivity index (χ1v) is 6.29. The molecule has 0 aromatic carbocycles. The molecule has 0 saturated carbocycles. The molecule has 2 atom stereocenters. The Morgan fingerprint density at radius 3 is 2.33 bits per heavy atom. The average Bonchev–Trinajstić information content (AvgIpc) is 2.56. The van der Waals surface area contributed by atoms with E-state index in [0.717, 1.165) is 0 Å². The molecule has 0 aliphatic carbocycles. The van der Waals surface area contributed by atoms with Gasteiger partial charge in [0, 0.05) is 12.3 Å². The number of carbonyl (C=O) groups is 2. The smallest absolute Gasteiger partial charge is 0.411 e. The van der Waals surface area contributed by atoms with Gasteiger partial charge >= 0.3 is 6.09 Å². The van der Waals surface area contributed by atoms with Gasteiger partial charge in [-0.25, -0.2) is 9.18 Å². The molecule has 104 valence electrons. The molecular weight excluding hydrogens is 237 g/mol. The van der Waals surface area contributed by atoms with Crippen LogP contribution < -0.4 is 0 Å². The van der Waals surface area contributed by atoms with E-state index in [1.54, 1.807) is 34.6 Å². The first kappa shape index (κ1) is 14.9. The average molecular weight is 259 g/mol. The first-order valence-electron chi connectivity index (χ1n) is 6.29. The van der Waals surface area contributed by atoms with Gasteiger partial charge in [0.15, 0.2) is 5.78 Å². The number of rotatable bonds is 2. The largest absolute Gasteiger partial charge is 0.444 e. The van der Waals surface area contributed by atoms with Crippen LogP contribution in [0.3, 0.4) is 0 Å². The van der Waals surface area contributed by atoms with Crippen molar-refractivity contribution < 1.29 is 18.7 Å². The summed E-state index contributed by atoms with van der Waals surface area (Å²) in [5.41, 5.74) is -0.642. The minimum Gasteiger partial charge on any atom is -0.444 e. The van der Waals surface area contributed by atoms with E-state index >= 15 is 0 Å². The standard InChI is InChI=1S/C13H22FNO3/c1-8(2)11(16)10-6-9(14)7-15(10)12(17)18-13(3,4)5/h8-10H,6-7H2,1-5H3/t9-,10?/m1/s1. The Hall–Kier alpha value is -1.13. The molecule has 0 aromatic heterocycles. The molecule has 1 aliphatic heterocycles. The minimum absolute atomic E-state index is 0.0575. The van der Waals surface area contributed by atoms with Crippen LogP contribution in [0, 0.1) is 5.92 Å². The predicted molar refractivity (Wildman–Crippen MR) is 66.1 cm³/mol. The second kappa shape index (κ2) is 5.24. The summed E-state index contributed by atoms with van der Waals surface area (Å²) in [5.74, 6) is -0.328. The van der Waals surface area contributed by atoms with E-state index in [0.29, 0.717) is 0 Å². The molecule has 0 spiro atoms. The third-order valence-corrected chi connectivity index (χ3v) is 2.78. The zero-order valence-electron chi connectivity index (χ0n) is 11.7. The molecule has 1 aliphatic rings. The van der Waals surface area contributed by atoms with E-state index in [1.165, 1.54) is 4.90 Å². The number of amides is 1. The van der Waals surface area contributed by atoms with Gasteiger partial charge in [-0.05, 0) is 20.8 Å². The van der Waals surface area contributed by atoms with Gasteiger partial charge in [-0.2, -0.15) is 0 Å². The molecule has 1 heterocycles. The van der Waals surface area contributed by atoms with Gasteiger partial charge in [-0.1, -0.05) is 13.8 Å². The molecule has 1 unspecified atom stereocenters. The molecule has 1 amide bonds. The highest BCUT2D eigenvalue weighted by atomic mass is 19.1. The first-order chi connectivity index (χ1) is 8.11. The van der Waals surface area contributed by atoms with E-state index in [9.17, 15) is 14.0 Å². The number of likely N-dealkylation sites (tertiary alicyclic amines) is 1. The Balaban J connectivity index is 2.79. The monoisotopic (exact) mass is 259 g/mol. The maximum Gasteiger partial charge on any atom is 0.411 e. The van der Waals surface area contributed by atoms with Crippen LogP contribution in [0.2, 0.25) is 0 Å². The highest BCUT2D eigenvalue weighted by Gasteiger charge is 2.41. The Bertz CT molecular complexity index is 336. The number of hydrogen-bond donors (Lipinski definition) is 0. The molecule has 4 nitrogen and oxygen atoms in total. The van der Waals surface area contributed by atoms with E-state index < -0.39 is 23.9 Å². The van der Waals surface area contributed by atoms with Crippen molar-refractivity contribution in [2.75, 3.05) is 6.54 Å². The van der Waals surface area contributed by atoms with Gasteiger partial charge in [0.2, 0.25) is 0 Å². The van der Waals surface area contributed by atoms with Crippen LogP contribution in [0.5, 0.6) is 0 Å². The summed E-state index contributed by atoms with van der Waals surface area (Å²) in [6, 6.07) is -0.685. The lowest BCUT2D eigenvalue weighted by atomic mass is 10.00. The maximum atomic E-state index is 13.4. The highest BCUT2D eigenvalue weighted by molar-refractivity contribution is 5.89. The third-order valence-electron chi connectivity index (χ3n) is 2.78. The van der Waals surface area contributed by atoms with Crippen molar-refractivity contribution in [1.29, 1.82) is 0 Å². The van der Waals surface area contributed by atoms with E-state index in [1.807, 2.05) is 0 Å². The maximum absolute atomic E-state index is 13.4. The zero-order valence-corrected chi connectivity index (χ0v) is 11.7. The summed E-state index contributed by atoms with van der Waals surface area (Å²) >= 11 is 0. The molecule has 5 heteroatoms. The lowest BCUT2D eigenvalue weighted by Crippen LogP contribution is -2.44. The molecule has 0 N–H and O–H groups in total. The number of ether oxygens (including phenoxy) is 1. The van der Waals surface area contributed by atoms with Gasteiger partial charge in [0.05, 0.1) is 12.6 Å². The number of halogens is 1. The lowest BCUT2D eigenvalue weighted by molar-refractivity contribution is -0.126. The predicted octanol–water partition coefficient (Wildman–Crippen LogP) is 2.56. The number of nitrogens with zero attached hydrogens (tertiary/aromatic N) is 1. The summed E-state index contributed by atoms with van der Waals surface area (Å²) in [7, 11) is 0. The summed E-state index contributed by atoms with van der Waals surface area (Å²) in [4.78, 5) is 25.1. The van der Waals surface area contributed by atoms with Crippen molar-refractivity contribution in [3.8, 4) is 0 Å². The van der Waals surface area contributed by atoms with Crippen molar-refractivity contribution in [2.45, 2.75) is 58.9 Å². The SMILES string of the molecule is CC(C)C(=O)C1C[C@@H](F)CN1C(=O)OC(C)(C)C. The normalized spacial score (nSPS) is 24.5. The molecule has 0 bridgehead atoms. The van der Waals surface area contributed by atoms with Crippen molar-refractivity contribution in [3.63, 3.8) is 0 Å². The number of carbonyl (C=O) groups excluding carboxylic acids is 2. The van der Waals surface area contributed by atoms with Crippen LogP contribution in [-0.2, 0) is 9.53 Å². The van der Waals surface area contributed by atoms with Crippen LogP contribution >= 0.6 is 0 Å². The fraction of sp³-hybridized carbons (Fsp3) is 0.846. The molecule has 1 rings (SSSR count). The summed E-state index contributed by atoms with van der Waals surface area (Å²) in [5, 5.41) is 0. The zero-order chi connectivity index (χ0) is 14.1. The van der Waals surface area contributed by atoms with Crippen LogP contribution in [-0.4, -0.2) is 41.1 Å². The number of Topliss-reactive ketones (excluding diaryl/α,β-unsaturated/α-hetero) is 1. The molecule has 0 radical (unpaired) electrons. The van der Waals surface area contributed by atoms with E-state index in [2.05, 4.69) is 0 Å². The Morgan fingerprint density at radius 1 is 1.33 bits per heavy atom. The second-order valence-corrected chi connectivity index (χ2v) is 6.04. The van der Waals surface area contributed by atoms with Crippen LogP contribution in [0.15, 0.2) is 0 Å². The van der Waals surface area contributed by atoms with Gasteiger partial charge in [0.25, 0.3) is 0 Å². The van der Waals surface area contributed by atoms with Crippen LogP contribution in [0.4, 0.5) is 9.18 Å². The Morgan fingerprint density at radius 2 is 1.89 bits per heavy atom. The Kier molecular flexibility index (Phi) is 4.35. The number of hydrogen-bond acceptors (Lipinski definition) is 3. The fourth-order valence-electron chi connectivity index (χ4n) is 1.96. The van der Waals surface area contributed by atoms with Crippen molar-refractivity contribution in [2.24, 2.45) is 5.92 Å². The number of ketones is 1. The van der Waals surface area contributed by atoms with E-state index in [4.69, 9.17) is 4.74 Å². The van der Waals surface area contributed by atoms with Gasteiger partial charge in [0.1, 0.15) is 11.8 Å². The van der Waals surface area contributed by atoms with Gasteiger partial charge in [-0.3, -0.25) is 9.69 Å². The Labute approximate surface area is 107 Å². The van der Waals surface area contributed by atoms with Gasteiger partial charge in [-0.15, -0.1) is 0 Å². The second-order valence-electron chi connectivity index (χ2n) is 6.04. The molecule has 1 saturated heterocycles. The molecule has 1 fully saturated rings. The topological polar surface area (TPSA) is 46.6 Å². The molecule has 18 heavy (non-hydrogen) atoms. The highest BCUT2D eigenvalue weighted by Crippen LogP contribution is 2.25. The van der Waals surface area contributed by atoms with E-state index in [-0.39, 0.29) is 24.7 Å². The van der Waals surface area contributed by atoms with Crippen LogP contribution in [0.1, 0.15) is 41.0 Å². The fourth-order valence-corrected chi connectivity index (χ4v) is 1.96. The summed E-state index contributed by atoms with van der Waals surface area (Å²) in [6.07, 6.45) is -1.68. The van der Waals surface area contributed by atoms with Crippen molar-refractivity contribution in [1.82, 2.24) is 4.90 Å². The minimum atomic E-state index is -1.15. The summed E-state index contributed by atoms with van der Waals surface area (Å²) in [6.45, 7) is 8.67. The number of alkyl halides is 1. The quantitative estimate of drug-likeness (QED) is 0.765. The molecule has 0 aromatic rings. The molecular formula is C13H22FNO3. The van der Waals surface area contributed by atoms with Crippen molar-refractivity contribution >= 4 is 11.9 Å². The summed E-state index contributed by atoms with van der Waals surface area (Å²) < 4.78 is 18.6.